The van der Waals surface area contributed by atoms with Crippen molar-refractivity contribution >= 4 is 0 Å². The summed E-state index contributed by atoms with van der Waals surface area (Å²) >= 11 is 0. The minimum absolute atomic E-state index is 0.144. The molecule has 1 aliphatic rings. The molecule has 3 heteroatoms. The van der Waals surface area contributed by atoms with Gasteiger partial charge in [0.2, 0.25) is 0 Å². The Morgan fingerprint density at radius 1 is 1.11 bits per heavy atom. The van der Waals surface area contributed by atoms with Crippen LogP contribution in [-0.2, 0) is 13.1 Å². The van der Waals surface area contributed by atoms with E-state index in [1.165, 1.54) is 17.2 Å². The van der Waals surface area contributed by atoms with E-state index in [1.54, 1.807) is 6.07 Å². The van der Waals surface area contributed by atoms with Gasteiger partial charge in [-0.3, -0.25) is 4.90 Å². The summed E-state index contributed by atoms with van der Waals surface area (Å²) in [6, 6.07) is 15.5. The summed E-state index contributed by atoms with van der Waals surface area (Å²) in [5.41, 5.74) is 9.20. The van der Waals surface area contributed by atoms with Crippen LogP contribution in [0.2, 0.25) is 0 Å². The number of hydrogen-bond acceptors (Lipinski definition) is 2. The smallest absolute Gasteiger partial charge is 0.127 e. The molecule has 2 N–H and O–H groups in total. The Kier molecular flexibility index (Phi) is 3.32. The lowest BCUT2D eigenvalue weighted by atomic mass is 10.1. The fourth-order valence-corrected chi connectivity index (χ4v) is 2.82. The molecule has 19 heavy (non-hydrogen) atoms. The van der Waals surface area contributed by atoms with E-state index >= 15 is 0 Å². The highest BCUT2D eigenvalue weighted by Gasteiger charge is 2.28. The van der Waals surface area contributed by atoms with Crippen LogP contribution in [0.15, 0.2) is 48.5 Å². The van der Waals surface area contributed by atoms with Crippen molar-refractivity contribution in [2.24, 2.45) is 5.73 Å². The van der Waals surface area contributed by atoms with Gasteiger partial charge in [0.15, 0.2) is 0 Å². The van der Waals surface area contributed by atoms with Crippen LogP contribution in [0.5, 0.6) is 0 Å². The molecule has 2 aromatic rings. The zero-order valence-corrected chi connectivity index (χ0v) is 10.7. The molecule has 1 atom stereocenters. The molecule has 2 nitrogen and oxygen atoms in total. The Bertz CT molecular complexity index is 582. The molecule has 1 aliphatic heterocycles. The second-order valence-corrected chi connectivity index (χ2v) is 4.95. The first-order valence-electron chi connectivity index (χ1n) is 6.55. The van der Waals surface area contributed by atoms with Crippen molar-refractivity contribution in [3.63, 3.8) is 0 Å². The Labute approximate surface area is 112 Å². The van der Waals surface area contributed by atoms with Crippen molar-refractivity contribution < 1.29 is 4.39 Å². The molecule has 1 heterocycles. The van der Waals surface area contributed by atoms with Gasteiger partial charge in [0.25, 0.3) is 0 Å². The zero-order chi connectivity index (χ0) is 13.2. The van der Waals surface area contributed by atoms with Gasteiger partial charge >= 0.3 is 0 Å². The van der Waals surface area contributed by atoms with E-state index in [-0.39, 0.29) is 11.9 Å². The van der Waals surface area contributed by atoms with Crippen molar-refractivity contribution in [2.75, 3.05) is 6.54 Å². The summed E-state index contributed by atoms with van der Waals surface area (Å²) in [6.07, 6.45) is 0. The Morgan fingerprint density at radius 3 is 2.63 bits per heavy atom. The van der Waals surface area contributed by atoms with Gasteiger partial charge in [-0.15, -0.1) is 0 Å². The highest BCUT2D eigenvalue weighted by molar-refractivity contribution is 5.34. The minimum Gasteiger partial charge on any atom is -0.329 e. The number of hydrogen-bond donors (Lipinski definition) is 1. The summed E-state index contributed by atoms with van der Waals surface area (Å²) in [7, 11) is 0. The first kappa shape index (κ1) is 12.3. The van der Waals surface area contributed by atoms with Crippen molar-refractivity contribution in [2.45, 2.75) is 19.1 Å². The van der Waals surface area contributed by atoms with Crippen molar-refractivity contribution in [3.05, 3.63) is 71.0 Å². The monoisotopic (exact) mass is 256 g/mol. The molecule has 0 amide bonds. The van der Waals surface area contributed by atoms with Crippen LogP contribution in [0, 0.1) is 5.82 Å². The zero-order valence-electron chi connectivity index (χ0n) is 10.7. The molecule has 0 bridgehead atoms. The van der Waals surface area contributed by atoms with Gasteiger partial charge < -0.3 is 5.73 Å². The fourth-order valence-electron chi connectivity index (χ4n) is 2.82. The predicted octanol–water partition coefficient (Wildman–Crippen LogP) is 2.84. The van der Waals surface area contributed by atoms with E-state index in [0.717, 1.165) is 12.1 Å². The van der Waals surface area contributed by atoms with Gasteiger partial charge in [-0.05, 0) is 17.2 Å². The first-order valence-corrected chi connectivity index (χ1v) is 6.55. The van der Waals surface area contributed by atoms with Crippen molar-refractivity contribution in [1.82, 2.24) is 4.90 Å². The van der Waals surface area contributed by atoms with Crippen LogP contribution in [0.1, 0.15) is 22.7 Å². The van der Waals surface area contributed by atoms with Gasteiger partial charge in [-0.1, -0.05) is 42.5 Å². The normalized spacial score (nSPS) is 18.5. The average molecular weight is 256 g/mol. The molecule has 98 valence electrons. The maximum Gasteiger partial charge on any atom is 0.127 e. The summed E-state index contributed by atoms with van der Waals surface area (Å²) < 4.78 is 13.7. The lowest BCUT2D eigenvalue weighted by Crippen LogP contribution is -2.27. The van der Waals surface area contributed by atoms with E-state index in [0.29, 0.717) is 13.1 Å². The number of halogens is 1. The van der Waals surface area contributed by atoms with E-state index in [9.17, 15) is 4.39 Å². The minimum atomic E-state index is -0.144. The number of benzene rings is 2. The molecular formula is C16H17FN2. The van der Waals surface area contributed by atoms with E-state index in [2.05, 4.69) is 17.0 Å². The molecule has 0 saturated carbocycles. The van der Waals surface area contributed by atoms with E-state index in [4.69, 9.17) is 5.73 Å². The van der Waals surface area contributed by atoms with Crippen LogP contribution in [0.4, 0.5) is 4.39 Å². The van der Waals surface area contributed by atoms with Gasteiger partial charge in [0.05, 0.1) is 0 Å². The van der Waals surface area contributed by atoms with Crippen LogP contribution in [-0.4, -0.2) is 11.4 Å². The van der Waals surface area contributed by atoms with E-state index in [1.807, 2.05) is 24.3 Å². The molecule has 0 fully saturated rings. The SMILES string of the molecule is NCC1c2ccccc2CN1Cc1ccccc1F. The van der Waals surface area contributed by atoms with E-state index < -0.39 is 0 Å². The lowest BCUT2D eigenvalue weighted by molar-refractivity contribution is 0.208. The van der Waals surface area contributed by atoms with Crippen LogP contribution in [0.3, 0.4) is 0 Å². The standard InChI is InChI=1S/C16H17FN2/c17-15-8-4-2-6-13(15)11-19-10-12-5-1-3-7-14(12)16(19)9-18/h1-8,16H,9-11,18H2. The number of nitrogens with zero attached hydrogens (tertiary/aromatic N) is 1. The highest BCUT2D eigenvalue weighted by Crippen LogP contribution is 2.34. The third-order valence-electron chi connectivity index (χ3n) is 3.78. The van der Waals surface area contributed by atoms with Crippen molar-refractivity contribution in [1.29, 1.82) is 0 Å². The quantitative estimate of drug-likeness (QED) is 0.915. The van der Waals surface area contributed by atoms with Crippen molar-refractivity contribution in [3.8, 4) is 0 Å². The molecule has 0 spiro atoms. The second kappa shape index (κ2) is 5.11. The second-order valence-electron chi connectivity index (χ2n) is 4.95. The third-order valence-corrected chi connectivity index (χ3v) is 3.78. The molecule has 1 unspecified atom stereocenters. The predicted molar refractivity (Wildman–Crippen MR) is 73.9 cm³/mol. The maximum atomic E-state index is 13.7. The average Bonchev–Trinajstić information content (AvgIpc) is 2.78. The van der Waals surface area contributed by atoms with Crippen LogP contribution < -0.4 is 5.73 Å². The number of nitrogens with two attached hydrogens (primary N) is 1. The van der Waals surface area contributed by atoms with Gasteiger partial charge in [-0.2, -0.15) is 0 Å². The molecule has 0 saturated heterocycles. The summed E-state index contributed by atoms with van der Waals surface area (Å²) in [6.45, 7) is 2.00. The molecule has 2 aromatic carbocycles. The highest BCUT2D eigenvalue weighted by atomic mass is 19.1. The third kappa shape index (κ3) is 2.27. The molecular weight excluding hydrogens is 239 g/mol. The summed E-state index contributed by atoms with van der Waals surface area (Å²) in [4.78, 5) is 2.24. The van der Waals surface area contributed by atoms with Gasteiger partial charge in [0.1, 0.15) is 5.82 Å². The van der Waals surface area contributed by atoms with Crippen LogP contribution in [0.25, 0.3) is 0 Å². The van der Waals surface area contributed by atoms with Gasteiger partial charge in [0, 0.05) is 31.2 Å². The lowest BCUT2D eigenvalue weighted by Gasteiger charge is -2.24. The molecule has 0 aliphatic carbocycles. The molecule has 0 radical (unpaired) electrons. The Morgan fingerprint density at radius 2 is 1.84 bits per heavy atom. The maximum absolute atomic E-state index is 13.7. The topological polar surface area (TPSA) is 29.3 Å². The van der Waals surface area contributed by atoms with Crippen LogP contribution >= 0.6 is 0 Å². The van der Waals surface area contributed by atoms with Gasteiger partial charge in [-0.25, -0.2) is 4.39 Å². The molecule has 3 rings (SSSR count). The first-order chi connectivity index (χ1) is 9.29. The molecule has 0 aromatic heterocycles. The fraction of sp³-hybridized carbons (Fsp3) is 0.250. The largest absolute Gasteiger partial charge is 0.329 e. The summed E-state index contributed by atoms with van der Waals surface area (Å²) in [5.74, 6) is -0.144. The Balaban J connectivity index is 1.86. The number of rotatable bonds is 3. The Hall–Kier alpha value is -1.71. The number of fused-ring (bicyclic) bond motifs is 1. The summed E-state index contributed by atoms with van der Waals surface area (Å²) in [5, 5.41) is 0.